The van der Waals surface area contributed by atoms with Gasteiger partial charge in [0.15, 0.2) is 0 Å². The molecular weight excluding hydrogens is 246 g/mol. The highest BCUT2D eigenvalue weighted by atomic mass is 16.5. The summed E-state index contributed by atoms with van der Waals surface area (Å²) >= 11 is 0. The van der Waals surface area contributed by atoms with Gasteiger partial charge in [-0.3, -0.25) is 0 Å². The minimum absolute atomic E-state index is 0.609. The molecule has 0 aliphatic carbocycles. The second-order valence-corrected chi connectivity index (χ2v) is 4.77. The zero-order valence-electron chi connectivity index (χ0n) is 11.3. The Morgan fingerprint density at radius 1 is 0.700 bits per heavy atom. The molecule has 0 spiro atoms. The highest BCUT2D eigenvalue weighted by Gasteiger charge is 1.97. The van der Waals surface area contributed by atoms with Gasteiger partial charge in [0.2, 0.25) is 0 Å². The average Bonchev–Trinajstić information content (AvgIpc) is 3.01. The van der Waals surface area contributed by atoms with E-state index in [9.17, 15) is 0 Å². The van der Waals surface area contributed by atoms with Crippen LogP contribution in [0.1, 0.15) is 11.1 Å². The van der Waals surface area contributed by atoms with Gasteiger partial charge in [0.1, 0.15) is 12.4 Å². The first kappa shape index (κ1) is 12.5. The summed E-state index contributed by atoms with van der Waals surface area (Å²) in [6, 6.07) is 22.6. The molecule has 100 valence electrons. The molecule has 3 rings (SSSR count). The molecule has 0 N–H and O–H groups in total. The number of hydrogen-bond acceptors (Lipinski definition) is 1. The summed E-state index contributed by atoms with van der Waals surface area (Å²) in [4.78, 5) is 0. The zero-order chi connectivity index (χ0) is 13.6. The Morgan fingerprint density at radius 3 is 2.10 bits per heavy atom. The highest BCUT2D eigenvalue weighted by molar-refractivity contribution is 5.28. The third-order valence-corrected chi connectivity index (χ3v) is 3.20. The van der Waals surface area contributed by atoms with E-state index in [0.717, 1.165) is 12.3 Å². The maximum absolute atomic E-state index is 5.78. The predicted molar refractivity (Wildman–Crippen MR) is 80.8 cm³/mol. The normalized spacial score (nSPS) is 10.4. The lowest BCUT2D eigenvalue weighted by Crippen LogP contribution is -1.97. The van der Waals surface area contributed by atoms with Gasteiger partial charge in [0.05, 0.1) is 0 Å². The maximum Gasteiger partial charge on any atom is 0.119 e. The van der Waals surface area contributed by atoms with Crippen molar-refractivity contribution in [1.29, 1.82) is 0 Å². The molecule has 2 heteroatoms. The van der Waals surface area contributed by atoms with Crippen molar-refractivity contribution in [3.63, 3.8) is 0 Å². The molecular formula is C18H17NO. The first-order valence-corrected chi connectivity index (χ1v) is 6.76. The van der Waals surface area contributed by atoms with Crippen LogP contribution in [-0.2, 0) is 13.2 Å². The molecule has 3 aromatic rings. The molecule has 0 aliphatic rings. The fraction of sp³-hybridized carbons (Fsp3) is 0.111. The molecule has 0 saturated carbocycles. The summed E-state index contributed by atoms with van der Waals surface area (Å²) in [5.41, 5.74) is 2.46. The third kappa shape index (κ3) is 3.29. The van der Waals surface area contributed by atoms with Crippen LogP contribution in [0, 0.1) is 0 Å². The number of aromatic nitrogens is 1. The zero-order valence-corrected chi connectivity index (χ0v) is 11.3. The van der Waals surface area contributed by atoms with Crippen LogP contribution in [0.4, 0.5) is 0 Å². The van der Waals surface area contributed by atoms with Crippen LogP contribution in [0.2, 0.25) is 0 Å². The van der Waals surface area contributed by atoms with Crippen LogP contribution in [0.25, 0.3) is 0 Å². The first-order chi connectivity index (χ1) is 9.90. The summed E-state index contributed by atoms with van der Waals surface area (Å²) < 4.78 is 7.93. The molecule has 2 aromatic carbocycles. The van der Waals surface area contributed by atoms with Crippen molar-refractivity contribution in [1.82, 2.24) is 4.57 Å². The largest absolute Gasteiger partial charge is 0.489 e. The van der Waals surface area contributed by atoms with Crippen molar-refractivity contribution in [3.8, 4) is 5.75 Å². The van der Waals surface area contributed by atoms with Crippen LogP contribution < -0.4 is 4.74 Å². The van der Waals surface area contributed by atoms with Gasteiger partial charge in [0.25, 0.3) is 0 Å². The Hall–Kier alpha value is -2.48. The molecule has 20 heavy (non-hydrogen) atoms. The van der Waals surface area contributed by atoms with Crippen molar-refractivity contribution in [2.24, 2.45) is 0 Å². The topological polar surface area (TPSA) is 14.2 Å². The van der Waals surface area contributed by atoms with Crippen LogP contribution >= 0.6 is 0 Å². The van der Waals surface area contributed by atoms with Gasteiger partial charge in [-0.2, -0.15) is 0 Å². The number of rotatable bonds is 5. The minimum atomic E-state index is 0.609. The summed E-state index contributed by atoms with van der Waals surface area (Å²) in [7, 11) is 0. The quantitative estimate of drug-likeness (QED) is 0.675. The predicted octanol–water partition coefficient (Wildman–Crippen LogP) is 4.12. The van der Waals surface area contributed by atoms with Crippen molar-refractivity contribution in [3.05, 3.63) is 90.3 Å². The monoisotopic (exact) mass is 263 g/mol. The van der Waals surface area contributed by atoms with Crippen LogP contribution in [-0.4, -0.2) is 4.57 Å². The Morgan fingerprint density at radius 2 is 1.40 bits per heavy atom. The third-order valence-electron chi connectivity index (χ3n) is 3.20. The molecule has 0 bridgehead atoms. The molecule has 0 atom stereocenters. The number of hydrogen-bond donors (Lipinski definition) is 0. The molecule has 0 amide bonds. The summed E-state index contributed by atoms with van der Waals surface area (Å²) in [6.07, 6.45) is 4.14. The van der Waals surface area contributed by atoms with Gasteiger partial charge in [-0.25, -0.2) is 0 Å². The van der Waals surface area contributed by atoms with Crippen LogP contribution in [0.15, 0.2) is 79.1 Å². The van der Waals surface area contributed by atoms with E-state index in [0.29, 0.717) is 6.61 Å². The standard InChI is InChI=1S/C18H17NO/c1-2-6-17(7-3-1)15-20-18-10-8-16(9-11-18)14-19-12-4-5-13-19/h1-13H,14-15H2. The fourth-order valence-corrected chi connectivity index (χ4v) is 2.12. The summed E-state index contributed by atoms with van der Waals surface area (Å²) in [5, 5.41) is 0. The Bertz CT molecular complexity index is 627. The lowest BCUT2D eigenvalue weighted by Gasteiger charge is -2.08. The van der Waals surface area contributed by atoms with E-state index in [1.54, 1.807) is 0 Å². The van der Waals surface area contributed by atoms with E-state index < -0.39 is 0 Å². The van der Waals surface area contributed by atoms with Gasteiger partial charge in [-0.05, 0) is 35.4 Å². The van der Waals surface area contributed by atoms with Gasteiger partial charge in [-0.1, -0.05) is 42.5 Å². The second kappa shape index (κ2) is 6.11. The van der Waals surface area contributed by atoms with Crippen molar-refractivity contribution < 1.29 is 4.74 Å². The number of nitrogens with zero attached hydrogens (tertiary/aromatic N) is 1. The second-order valence-electron chi connectivity index (χ2n) is 4.77. The van der Waals surface area contributed by atoms with E-state index in [-0.39, 0.29) is 0 Å². The Balaban J connectivity index is 1.59. The lowest BCUT2D eigenvalue weighted by atomic mass is 10.2. The van der Waals surface area contributed by atoms with E-state index in [4.69, 9.17) is 4.74 Å². The van der Waals surface area contributed by atoms with Gasteiger partial charge >= 0.3 is 0 Å². The molecule has 1 heterocycles. The maximum atomic E-state index is 5.78. The smallest absolute Gasteiger partial charge is 0.119 e. The summed E-state index contributed by atoms with van der Waals surface area (Å²) in [6.45, 7) is 1.50. The van der Waals surface area contributed by atoms with Gasteiger partial charge < -0.3 is 9.30 Å². The van der Waals surface area contributed by atoms with Crippen LogP contribution in [0.5, 0.6) is 5.75 Å². The fourth-order valence-electron chi connectivity index (χ4n) is 2.12. The Kier molecular flexibility index (Phi) is 3.83. The molecule has 0 radical (unpaired) electrons. The van der Waals surface area contributed by atoms with Gasteiger partial charge in [-0.15, -0.1) is 0 Å². The summed E-state index contributed by atoms with van der Waals surface area (Å²) in [5.74, 6) is 0.908. The molecule has 0 saturated heterocycles. The van der Waals surface area contributed by atoms with E-state index >= 15 is 0 Å². The van der Waals surface area contributed by atoms with E-state index in [1.165, 1.54) is 11.1 Å². The van der Waals surface area contributed by atoms with Crippen molar-refractivity contribution in [2.45, 2.75) is 13.2 Å². The number of ether oxygens (including phenoxy) is 1. The molecule has 0 unspecified atom stereocenters. The van der Waals surface area contributed by atoms with Crippen molar-refractivity contribution in [2.75, 3.05) is 0 Å². The SMILES string of the molecule is c1ccc(COc2ccc(Cn3cccc3)cc2)cc1. The minimum Gasteiger partial charge on any atom is -0.489 e. The lowest BCUT2D eigenvalue weighted by molar-refractivity contribution is 0.306. The van der Waals surface area contributed by atoms with Crippen molar-refractivity contribution >= 4 is 0 Å². The first-order valence-electron chi connectivity index (χ1n) is 6.76. The molecule has 0 aliphatic heterocycles. The molecule has 0 fully saturated rings. The highest BCUT2D eigenvalue weighted by Crippen LogP contribution is 2.15. The van der Waals surface area contributed by atoms with E-state index in [1.807, 2.05) is 42.5 Å². The molecule has 2 nitrogen and oxygen atoms in total. The molecule has 1 aromatic heterocycles. The van der Waals surface area contributed by atoms with Gasteiger partial charge in [0, 0.05) is 18.9 Å². The van der Waals surface area contributed by atoms with E-state index in [2.05, 4.69) is 41.2 Å². The van der Waals surface area contributed by atoms with Crippen LogP contribution in [0.3, 0.4) is 0 Å². The Labute approximate surface area is 119 Å². The average molecular weight is 263 g/mol. The number of benzene rings is 2.